The van der Waals surface area contributed by atoms with E-state index in [4.69, 9.17) is 5.73 Å². The summed E-state index contributed by atoms with van der Waals surface area (Å²) in [6.45, 7) is 9.29. The van der Waals surface area contributed by atoms with Gasteiger partial charge in [0.15, 0.2) is 0 Å². The van der Waals surface area contributed by atoms with Crippen LogP contribution in [0.25, 0.3) is 0 Å². The van der Waals surface area contributed by atoms with Crippen molar-refractivity contribution in [2.45, 2.75) is 77.3 Å². The predicted molar refractivity (Wildman–Crippen MR) is 78.6 cm³/mol. The first kappa shape index (κ1) is 14.3. The van der Waals surface area contributed by atoms with Gasteiger partial charge in [0.05, 0.1) is 0 Å². The number of hydrogen-bond acceptors (Lipinski definition) is 2. The molecule has 1 aliphatic heterocycles. The third kappa shape index (κ3) is 2.34. The molecule has 1 saturated heterocycles. The minimum absolute atomic E-state index is 0.332. The lowest BCUT2D eigenvalue weighted by Gasteiger charge is -2.52. The maximum Gasteiger partial charge on any atom is 0.0362 e. The van der Waals surface area contributed by atoms with Gasteiger partial charge < -0.3 is 5.73 Å². The van der Waals surface area contributed by atoms with Crippen molar-refractivity contribution in [1.82, 2.24) is 4.90 Å². The van der Waals surface area contributed by atoms with E-state index in [1.165, 1.54) is 51.5 Å². The maximum atomic E-state index is 6.30. The quantitative estimate of drug-likeness (QED) is 0.831. The second-order valence-electron chi connectivity index (χ2n) is 6.81. The molecule has 2 rings (SSSR count). The number of rotatable bonds is 4. The number of hydrogen-bond donors (Lipinski definition) is 1. The first-order valence-electron chi connectivity index (χ1n) is 8.12. The standard InChI is InChI=1S/C16H32N2/c1-4-14-8-5-6-10-16(14,12-17)18-11-7-9-15(18)13(2)3/h13-15H,4-12,17H2,1-3H3. The van der Waals surface area contributed by atoms with Crippen molar-refractivity contribution in [2.75, 3.05) is 13.1 Å². The van der Waals surface area contributed by atoms with Crippen LogP contribution >= 0.6 is 0 Å². The highest BCUT2D eigenvalue weighted by Gasteiger charge is 2.47. The molecule has 3 atom stereocenters. The molecule has 0 amide bonds. The van der Waals surface area contributed by atoms with Crippen LogP contribution in [0.4, 0.5) is 0 Å². The zero-order chi connectivity index (χ0) is 13.2. The van der Waals surface area contributed by atoms with Gasteiger partial charge in [0.25, 0.3) is 0 Å². The van der Waals surface area contributed by atoms with Crippen LogP contribution in [0.15, 0.2) is 0 Å². The molecule has 1 saturated carbocycles. The molecule has 0 bridgehead atoms. The van der Waals surface area contributed by atoms with Gasteiger partial charge in [-0.15, -0.1) is 0 Å². The average molecular weight is 252 g/mol. The van der Waals surface area contributed by atoms with Crippen LogP contribution in [0.5, 0.6) is 0 Å². The maximum absolute atomic E-state index is 6.30. The summed E-state index contributed by atoms with van der Waals surface area (Å²) in [6.07, 6.45) is 9.60. The number of nitrogens with two attached hydrogens (primary N) is 1. The fraction of sp³-hybridized carbons (Fsp3) is 1.00. The Morgan fingerprint density at radius 1 is 1.22 bits per heavy atom. The van der Waals surface area contributed by atoms with Crippen molar-refractivity contribution in [1.29, 1.82) is 0 Å². The normalized spacial score (nSPS) is 38.5. The van der Waals surface area contributed by atoms with E-state index in [1.807, 2.05) is 0 Å². The van der Waals surface area contributed by atoms with Crippen molar-refractivity contribution in [3.63, 3.8) is 0 Å². The molecular weight excluding hydrogens is 220 g/mol. The SMILES string of the molecule is CCC1CCCCC1(CN)N1CCCC1C(C)C. The monoisotopic (exact) mass is 252 g/mol. The molecule has 3 unspecified atom stereocenters. The molecule has 0 aromatic carbocycles. The molecule has 1 heterocycles. The Morgan fingerprint density at radius 3 is 2.61 bits per heavy atom. The Bertz CT molecular complexity index is 264. The van der Waals surface area contributed by atoms with Crippen molar-refractivity contribution < 1.29 is 0 Å². The predicted octanol–water partition coefficient (Wildman–Crippen LogP) is 3.40. The van der Waals surface area contributed by atoms with E-state index in [0.29, 0.717) is 5.54 Å². The minimum atomic E-state index is 0.332. The lowest BCUT2D eigenvalue weighted by Crippen LogP contribution is -2.61. The summed E-state index contributed by atoms with van der Waals surface area (Å²) < 4.78 is 0. The largest absolute Gasteiger partial charge is 0.329 e. The van der Waals surface area contributed by atoms with Gasteiger partial charge in [-0.25, -0.2) is 0 Å². The molecule has 2 N–H and O–H groups in total. The van der Waals surface area contributed by atoms with Crippen molar-refractivity contribution in [2.24, 2.45) is 17.6 Å². The lowest BCUT2D eigenvalue weighted by atomic mass is 9.69. The third-order valence-electron chi connectivity index (χ3n) is 5.66. The van der Waals surface area contributed by atoms with Crippen LogP contribution < -0.4 is 5.73 Å². The molecular formula is C16H32N2. The summed E-state index contributed by atoms with van der Waals surface area (Å²) >= 11 is 0. The number of likely N-dealkylation sites (tertiary alicyclic amines) is 1. The van der Waals surface area contributed by atoms with Crippen LogP contribution in [0.3, 0.4) is 0 Å². The molecule has 106 valence electrons. The summed E-state index contributed by atoms with van der Waals surface area (Å²) in [5.74, 6) is 1.60. The fourth-order valence-electron chi connectivity index (χ4n) is 4.68. The van der Waals surface area contributed by atoms with Crippen molar-refractivity contribution in [3.05, 3.63) is 0 Å². The summed E-state index contributed by atoms with van der Waals surface area (Å²) in [5.41, 5.74) is 6.64. The van der Waals surface area contributed by atoms with E-state index in [2.05, 4.69) is 25.7 Å². The fourth-order valence-corrected chi connectivity index (χ4v) is 4.68. The third-order valence-corrected chi connectivity index (χ3v) is 5.66. The van der Waals surface area contributed by atoms with E-state index in [0.717, 1.165) is 24.4 Å². The molecule has 2 heteroatoms. The highest BCUT2D eigenvalue weighted by Crippen LogP contribution is 2.44. The van der Waals surface area contributed by atoms with E-state index in [1.54, 1.807) is 0 Å². The van der Waals surface area contributed by atoms with E-state index >= 15 is 0 Å². The summed E-state index contributed by atoms with van der Waals surface area (Å²) in [7, 11) is 0. The van der Waals surface area contributed by atoms with Crippen molar-refractivity contribution in [3.8, 4) is 0 Å². The van der Waals surface area contributed by atoms with Crippen LogP contribution in [-0.2, 0) is 0 Å². The van der Waals surface area contributed by atoms with Gasteiger partial charge in [-0.3, -0.25) is 4.90 Å². The van der Waals surface area contributed by atoms with Crippen LogP contribution in [0.1, 0.15) is 65.7 Å². The molecule has 0 spiro atoms. The minimum Gasteiger partial charge on any atom is -0.329 e. The molecule has 18 heavy (non-hydrogen) atoms. The summed E-state index contributed by atoms with van der Waals surface area (Å²) in [5, 5.41) is 0. The van der Waals surface area contributed by atoms with E-state index in [9.17, 15) is 0 Å². The molecule has 0 radical (unpaired) electrons. The lowest BCUT2D eigenvalue weighted by molar-refractivity contribution is -0.0164. The smallest absolute Gasteiger partial charge is 0.0362 e. The molecule has 0 aromatic heterocycles. The first-order valence-corrected chi connectivity index (χ1v) is 8.12. The first-order chi connectivity index (χ1) is 8.65. The highest BCUT2D eigenvalue weighted by molar-refractivity contribution is 5.03. The van der Waals surface area contributed by atoms with Crippen LogP contribution in [0.2, 0.25) is 0 Å². The van der Waals surface area contributed by atoms with Gasteiger partial charge in [-0.05, 0) is 44.1 Å². The molecule has 2 aliphatic rings. The van der Waals surface area contributed by atoms with Gasteiger partial charge in [0, 0.05) is 18.1 Å². The van der Waals surface area contributed by atoms with Crippen molar-refractivity contribution >= 4 is 0 Å². The van der Waals surface area contributed by atoms with Gasteiger partial charge >= 0.3 is 0 Å². The zero-order valence-corrected chi connectivity index (χ0v) is 12.6. The Balaban J connectivity index is 2.24. The Kier molecular flexibility index (Phi) is 4.71. The van der Waals surface area contributed by atoms with Crippen LogP contribution in [-0.4, -0.2) is 29.6 Å². The second-order valence-corrected chi connectivity index (χ2v) is 6.81. The van der Waals surface area contributed by atoms with E-state index < -0.39 is 0 Å². The van der Waals surface area contributed by atoms with Gasteiger partial charge in [-0.2, -0.15) is 0 Å². The second kappa shape index (κ2) is 5.92. The molecule has 1 aliphatic carbocycles. The highest BCUT2D eigenvalue weighted by atomic mass is 15.3. The topological polar surface area (TPSA) is 29.3 Å². The van der Waals surface area contributed by atoms with Gasteiger partial charge in [0.1, 0.15) is 0 Å². The summed E-state index contributed by atoms with van der Waals surface area (Å²) in [6, 6.07) is 0.778. The number of nitrogens with zero attached hydrogens (tertiary/aromatic N) is 1. The van der Waals surface area contributed by atoms with Gasteiger partial charge in [0.2, 0.25) is 0 Å². The Hall–Kier alpha value is -0.0800. The molecule has 2 nitrogen and oxygen atoms in total. The Morgan fingerprint density at radius 2 is 2.00 bits per heavy atom. The van der Waals surface area contributed by atoms with Gasteiger partial charge in [-0.1, -0.05) is 40.0 Å². The van der Waals surface area contributed by atoms with E-state index in [-0.39, 0.29) is 0 Å². The molecule has 0 aromatic rings. The molecule has 2 fully saturated rings. The summed E-state index contributed by atoms with van der Waals surface area (Å²) in [4.78, 5) is 2.84. The van der Waals surface area contributed by atoms with Crippen LogP contribution in [0, 0.1) is 11.8 Å². The average Bonchev–Trinajstić information content (AvgIpc) is 2.88. The zero-order valence-electron chi connectivity index (χ0n) is 12.6. The Labute approximate surface area is 113 Å².